The van der Waals surface area contributed by atoms with Crippen LogP contribution in [0.25, 0.3) is 0 Å². The van der Waals surface area contributed by atoms with Crippen molar-refractivity contribution in [1.82, 2.24) is 10.3 Å². The van der Waals surface area contributed by atoms with Gasteiger partial charge in [-0.1, -0.05) is 42.8 Å². The number of rotatable bonds is 7. The van der Waals surface area contributed by atoms with Gasteiger partial charge in [0.05, 0.1) is 0 Å². The molecular formula is C18H17ClN2O4. The van der Waals surface area contributed by atoms with Crippen LogP contribution in [0.3, 0.4) is 0 Å². The van der Waals surface area contributed by atoms with Gasteiger partial charge < -0.3 is 10.1 Å². The van der Waals surface area contributed by atoms with Crippen LogP contribution in [0.5, 0.6) is 0 Å². The summed E-state index contributed by atoms with van der Waals surface area (Å²) in [5, 5.41) is 2.72. The number of pyridine rings is 1. The maximum absolute atomic E-state index is 12.0. The molecule has 1 heterocycles. The van der Waals surface area contributed by atoms with E-state index in [2.05, 4.69) is 10.3 Å². The predicted octanol–water partition coefficient (Wildman–Crippen LogP) is 2.45. The fourth-order valence-corrected chi connectivity index (χ4v) is 2.14. The minimum absolute atomic E-state index is 0.0902. The summed E-state index contributed by atoms with van der Waals surface area (Å²) in [5.74, 6) is -1.58. The van der Waals surface area contributed by atoms with Gasteiger partial charge in [-0.25, -0.2) is 0 Å². The van der Waals surface area contributed by atoms with Crippen LogP contribution in [0.1, 0.15) is 33.3 Å². The van der Waals surface area contributed by atoms with E-state index in [1.165, 1.54) is 18.3 Å². The van der Waals surface area contributed by atoms with E-state index < -0.39 is 11.9 Å². The average Bonchev–Trinajstić information content (AvgIpc) is 2.64. The third-order valence-corrected chi connectivity index (χ3v) is 3.63. The van der Waals surface area contributed by atoms with Gasteiger partial charge in [-0.05, 0) is 24.1 Å². The summed E-state index contributed by atoms with van der Waals surface area (Å²) in [6, 6.07) is 10.0. The smallest absolute Gasteiger partial charge is 0.325 e. The van der Waals surface area contributed by atoms with Gasteiger partial charge in [0, 0.05) is 16.8 Å². The quantitative estimate of drug-likeness (QED) is 0.605. The summed E-state index contributed by atoms with van der Waals surface area (Å²) < 4.78 is 4.88. The Morgan fingerprint density at radius 1 is 1.16 bits per heavy atom. The normalized spacial score (nSPS) is 10.2. The van der Waals surface area contributed by atoms with E-state index in [1.54, 1.807) is 12.1 Å². The number of aromatic nitrogens is 1. The second kappa shape index (κ2) is 8.94. The van der Waals surface area contributed by atoms with Crippen molar-refractivity contribution in [2.45, 2.75) is 13.3 Å². The molecule has 0 aliphatic rings. The molecule has 0 fully saturated rings. The fourth-order valence-electron chi connectivity index (χ4n) is 1.98. The maximum Gasteiger partial charge on any atom is 0.325 e. The molecule has 0 saturated heterocycles. The summed E-state index contributed by atoms with van der Waals surface area (Å²) in [4.78, 5) is 39.3. The monoisotopic (exact) mass is 360 g/mol. The van der Waals surface area contributed by atoms with Gasteiger partial charge >= 0.3 is 5.97 Å². The molecule has 1 amide bonds. The number of esters is 1. The Kier molecular flexibility index (Phi) is 6.65. The zero-order chi connectivity index (χ0) is 18.2. The highest BCUT2D eigenvalue weighted by molar-refractivity contribution is 6.30. The van der Waals surface area contributed by atoms with Crippen molar-refractivity contribution in [3.8, 4) is 0 Å². The Balaban J connectivity index is 1.78. The highest BCUT2D eigenvalue weighted by Gasteiger charge is 2.13. The zero-order valence-electron chi connectivity index (χ0n) is 13.6. The van der Waals surface area contributed by atoms with Crippen molar-refractivity contribution in [1.29, 1.82) is 0 Å². The lowest BCUT2D eigenvalue weighted by Crippen LogP contribution is -2.32. The lowest BCUT2D eigenvalue weighted by Gasteiger charge is -2.06. The molecule has 2 rings (SSSR count). The summed E-state index contributed by atoms with van der Waals surface area (Å²) in [7, 11) is 0. The number of halogens is 1. The van der Waals surface area contributed by atoms with Crippen LogP contribution >= 0.6 is 11.6 Å². The minimum Gasteiger partial charge on any atom is -0.456 e. The van der Waals surface area contributed by atoms with Gasteiger partial charge in [-0.15, -0.1) is 0 Å². The highest BCUT2D eigenvalue weighted by Crippen LogP contribution is 2.08. The third kappa shape index (κ3) is 5.69. The van der Waals surface area contributed by atoms with Crippen LogP contribution < -0.4 is 5.32 Å². The van der Waals surface area contributed by atoms with Gasteiger partial charge in [-0.2, -0.15) is 0 Å². The predicted molar refractivity (Wildman–Crippen MR) is 92.7 cm³/mol. The molecular weight excluding hydrogens is 344 g/mol. The first-order valence-corrected chi connectivity index (χ1v) is 8.05. The molecule has 1 N–H and O–H groups in total. The number of amides is 1. The van der Waals surface area contributed by atoms with Gasteiger partial charge in [0.15, 0.2) is 12.4 Å². The number of Topliss-reactive ketones (excluding diaryl/α,β-unsaturated/α-hetero) is 1. The number of carbonyl (C=O) groups excluding carboxylic acids is 3. The van der Waals surface area contributed by atoms with Crippen LogP contribution in [-0.2, 0) is 16.0 Å². The van der Waals surface area contributed by atoms with Crippen molar-refractivity contribution in [3.05, 3.63) is 64.4 Å². The molecule has 0 unspecified atom stereocenters. The lowest BCUT2D eigenvalue weighted by molar-refractivity contribution is -0.141. The van der Waals surface area contributed by atoms with Crippen LogP contribution in [0.4, 0.5) is 0 Å². The standard InChI is InChI=1S/C18H17ClN2O4/c1-2-12-3-5-13(6-4-12)16(22)11-25-17(23)10-21-18(24)15-9-14(19)7-8-20-15/h3-9H,2,10-11H2,1H3,(H,21,24). The van der Waals surface area contributed by atoms with Gasteiger partial charge in [-0.3, -0.25) is 19.4 Å². The van der Waals surface area contributed by atoms with Crippen LogP contribution in [0, 0.1) is 0 Å². The van der Waals surface area contributed by atoms with Crippen molar-refractivity contribution in [3.63, 3.8) is 0 Å². The van der Waals surface area contributed by atoms with E-state index in [1.807, 2.05) is 19.1 Å². The van der Waals surface area contributed by atoms with E-state index in [0.29, 0.717) is 10.6 Å². The number of ketones is 1. The molecule has 25 heavy (non-hydrogen) atoms. The van der Waals surface area contributed by atoms with E-state index in [9.17, 15) is 14.4 Å². The maximum atomic E-state index is 12.0. The molecule has 7 heteroatoms. The minimum atomic E-state index is -0.714. The number of ether oxygens (including phenoxy) is 1. The molecule has 1 aromatic heterocycles. The summed E-state index contributed by atoms with van der Waals surface area (Å²) in [6.07, 6.45) is 2.27. The zero-order valence-corrected chi connectivity index (χ0v) is 14.4. The third-order valence-electron chi connectivity index (χ3n) is 3.40. The molecule has 0 aliphatic heterocycles. The number of nitrogens with one attached hydrogen (secondary N) is 1. The first kappa shape index (κ1) is 18.6. The summed E-state index contributed by atoms with van der Waals surface area (Å²) in [6.45, 7) is 1.27. The molecule has 0 spiro atoms. The Morgan fingerprint density at radius 3 is 2.52 bits per heavy atom. The van der Waals surface area contributed by atoms with E-state index >= 15 is 0 Å². The second-order valence-corrected chi connectivity index (χ2v) is 5.61. The molecule has 130 valence electrons. The number of hydrogen-bond acceptors (Lipinski definition) is 5. The van der Waals surface area contributed by atoms with Crippen molar-refractivity contribution in [2.24, 2.45) is 0 Å². The Labute approximate surface area is 150 Å². The van der Waals surface area contributed by atoms with Crippen molar-refractivity contribution in [2.75, 3.05) is 13.2 Å². The highest BCUT2D eigenvalue weighted by atomic mass is 35.5. The number of hydrogen-bond donors (Lipinski definition) is 1. The molecule has 2 aromatic rings. The van der Waals surface area contributed by atoms with Crippen LogP contribution in [0.15, 0.2) is 42.6 Å². The largest absolute Gasteiger partial charge is 0.456 e. The van der Waals surface area contributed by atoms with Gasteiger partial charge in [0.1, 0.15) is 12.2 Å². The van der Waals surface area contributed by atoms with Crippen LogP contribution in [0.2, 0.25) is 5.02 Å². The summed E-state index contributed by atoms with van der Waals surface area (Å²) >= 11 is 5.76. The number of carbonyl (C=O) groups is 3. The summed E-state index contributed by atoms with van der Waals surface area (Å²) in [5.41, 5.74) is 1.68. The Morgan fingerprint density at radius 2 is 1.88 bits per heavy atom. The SMILES string of the molecule is CCc1ccc(C(=O)COC(=O)CNC(=O)c2cc(Cl)ccn2)cc1. The molecule has 0 atom stereocenters. The topological polar surface area (TPSA) is 85.4 Å². The number of benzene rings is 1. The molecule has 0 saturated carbocycles. The van der Waals surface area contributed by atoms with Gasteiger partial charge in [0.25, 0.3) is 5.91 Å². The van der Waals surface area contributed by atoms with Crippen molar-refractivity contribution >= 4 is 29.3 Å². The van der Waals surface area contributed by atoms with E-state index in [0.717, 1.165) is 12.0 Å². The lowest BCUT2D eigenvalue weighted by atomic mass is 10.1. The number of nitrogens with zero attached hydrogens (tertiary/aromatic N) is 1. The molecule has 1 aromatic carbocycles. The van der Waals surface area contributed by atoms with Gasteiger partial charge in [0.2, 0.25) is 0 Å². The second-order valence-electron chi connectivity index (χ2n) is 5.18. The van der Waals surface area contributed by atoms with E-state index in [-0.39, 0.29) is 24.6 Å². The first-order valence-electron chi connectivity index (χ1n) is 7.67. The Hall–Kier alpha value is -2.73. The molecule has 6 nitrogen and oxygen atoms in total. The molecule has 0 radical (unpaired) electrons. The van der Waals surface area contributed by atoms with Crippen LogP contribution in [-0.4, -0.2) is 35.8 Å². The Bertz CT molecular complexity index is 775. The van der Waals surface area contributed by atoms with Crippen molar-refractivity contribution < 1.29 is 19.1 Å². The number of aryl methyl sites for hydroxylation is 1. The first-order chi connectivity index (χ1) is 12.0. The average molecular weight is 361 g/mol. The van der Waals surface area contributed by atoms with E-state index in [4.69, 9.17) is 16.3 Å². The molecule has 0 aliphatic carbocycles. The fraction of sp³-hybridized carbons (Fsp3) is 0.222. The molecule has 0 bridgehead atoms.